The van der Waals surface area contributed by atoms with E-state index >= 15 is 0 Å². The minimum atomic E-state index is 0.770. The molecule has 1 saturated heterocycles. The van der Waals surface area contributed by atoms with Crippen molar-refractivity contribution in [1.82, 2.24) is 4.98 Å². The van der Waals surface area contributed by atoms with E-state index < -0.39 is 0 Å². The highest BCUT2D eigenvalue weighted by molar-refractivity contribution is 5.93. The van der Waals surface area contributed by atoms with Gasteiger partial charge in [-0.25, -0.2) is 4.98 Å². The molecule has 0 bridgehead atoms. The van der Waals surface area contributed by atoms with Crippen LogP contribution in [-0.2, 0) is 11.2 Å². The molecule has 2 N–H and O–H groups in total. The Bertz CT molecular complexity index is 960. The number of morpholine rings is 1. The number of aromatic nitrogens is 1. The molecule has 4 nitrogen and oxygen atoms in total. The lowest BCUT2D eigenvalue weighted by Crippen LogP contribution is -2.36. The lowest BCUT2D eigenvalue weighted by atomic mass is 9.94. The Balaban J connectivity index is 1.57. The number of benzene rings is 2. The number of nitrogen functional groups attached to an aromatic ring is 1. The van der Waals surface area contributed by atoms with E-state index in [1.807, 2.05) is 12.3 Å². The number of anilines is 2. The Morgan fingerprint density at radius 2 is 1.77 bits per heavy atom. The van der Waals surface area contributed by atoms with Crippen LogP contribution in [0, 0.1) is 0 Å². The number of nitrogens with zero attached hydrogens (tertiary/aromatic N) is 2. The Morgan fingerprint density at radius 3 is 2.58 bits per heavy atom. The van der Waals surface area contributed by atoms with Gasteiger partial charge in [-0.3, -0.25) is 0 Å². The predicted octanol–water partition coefficient (Wildman–Crippen LogP) is 3.74. The van der Waals surface area contributed by atoms with Crippen LogP contribution in [0.2, 0.25) is 0 Å². The van der Waals surface area contributed by atoms with Crippen molar-refractivity contribution in [2.75, 3.05) is 36.9 Å². The summed E-state index contributed by atoms with van der Waals surface area (Å²) in [7, 11) is 0. The van der Waals surface area contributed by atoms with Crippen LogP contribution < -0.4 is 10.6 Å². The van der Waals surface area contributed by atoms with Gasteiger partial charge in [0.2, 0.25) is 0 Å². The van der Waals surface area contributed by atoms with Crippen molar-refractivity contribution in [3.63, 3.8) is 0 Å². The van der Waals surface area contributed by atoms with Gasteiger partial charge in [0.1, 0.15) is 5.82 Å². The van der Waals surface area contributed by atoms with Gasteiger partial charge in [0, 0.05) is 37.0 Å². The topological polar surface area (TPSA) is 51.4 Å². The molecule has 5 rings (SSSR count). The second-order valence-corrected chi connectivity index (χ2v) is 6.89. The first kappa shape index (κ1) is 15.4. The zero-order chi connectivity index (χ0) is 17.5. The highest BCUT2D eigenvalue weighted by Gasteiger charge is 2.24. The minimum absolute atomic E-state index is 0.770. The van der Waals surface area contributed by atoms with Gasteiger partial charge in [-0.2, -0.15) is 0 Å². The summed E-state index contributed by atoms with van der Waals surface area (Å²) in [5, 5.41) is 0. The monoisotopic (exact) mass is 343 g/mol. The number of fused-ring (bicyclic) bond motifs is 3. The summed E-state index contributed by atoms with van der Waals surface area (Å²) in [4.78, 5) is 7.00. The third kappa shape index (κ3) is 2.45. The van der Waals surface area contributed by atoms with Gasteiger partial charge in [-0.15, -0.1) is 0 Å². The lowest BCUT2D eigenvalue weighted by molar-refractivity contribution is 0.122. The Hall–Kier alpha value is -2.85. The fourth-order valence-electron chi connectivity index (χ4n) is 4.04. The molecule has 0 unspecified atom stereocenters. The van der Waals surface area contributed by atoms with E-state index in [1.54, 1.807) is 0 Å². The number of rotatable bonds is 2. The fraction of sp³-hybridized carbons (Fsp3) is 0.227. The summed E-state index contributed by atoms with van der Waals surface area (Å²) in [6.45, 7) is 3.34. The smallest absolute Gasteiger partial charge is 0.128 e. The molecule has 1 fully saturated rings. The molecule has 4 heteroatoms. The second kappa shape index (κ2) is 6.15. The molecule has 0 radical (unpaired) electrons. The SMILES string of the molecule is Nc1ccc(-c2ccc(N3CCOCC3)nc2)c2c1Cc1ccccc1-2. The second-order valence-electron chi connectivity index (χ2n) is 6.89. The molecule has 2 aliphatic rings. The van der Waals surface area contributed by atoms with Crippen LogP contribution in [0.4, 0.5) is 11.5 Å². The van der Waals surface area contributed by atoms with Crippen LogP contribution in [0.5, 0.6) is 0 Å². The molecule has 0 saturated carbocycles. The van der Waals surface area contributed by atoms with E-state index in [9.17, 15) is 0 Å². The van der Waals surface area contributed by atoms with E-state index in [2.05, 4.69) is 47.4 Å². The van der Waals surface area contributed by atoms with Gasteiger partial charge in [0.15, 0.2) is 0 Å². The summed E-state index contributed by atoms with van der Waals surface area (Å²) in [5.74, 6) is 1.02. The van der Waals surface area contributed by atoms with E-state index in [0.29, 0.717) is 0 Å². The molecule has 2 aromatic carbocycles. The molecule has 26 heavy (non-hydrogen) atoms. The lowest BCUT2D eigenvalue weighted by Gasteiger charge is -2.27. The third-order valence-electron chi connectivity index (χ3n) is 5.40. The summed E-state index contributed by atoms with van der Waals surface area (Å²) < 4.78 is 5.43. The third-order valence-corrected chi connectivity index (χ3v) is 5.40. The summed E-state index contributed by atoms with van der Waals surface area (Å²) in [6.07, 6.45) is 2.89. The van der Waals surface area contributed by atoms with Gasteiger partial charge in [-0.05, 0) is 46.0 Å². The minimum Gasteiger partial charge on any atom is -0.398 e. The maximum atomic E-state index is 6.29. The van der Waals surface area contributed by atoms with Gasteiger partial charge in [0.05, 0.1) is 13.2 Å². The molecule has 1 aromatic heterocycles. The first-order chi connectivity index (χ1) is 12.8. The van der Waals surface area contributed by atoms with Gasteiger partial charge >= 0.3 is 0 Å². The molecule has 130 valence electrons. The predicted molar refractivity (Wildman–Crippen MR) is 105 cm³/mol. The van der Waals surface area contributed by atoms with Crippen molar-refractivity contribution in [2.24, 2.45) is 0 Å². The molecule has 0 amide bonds. The van der Waals surface area contributed by atoms with Crippen molar-refractivity contribution in [2.45, 2.75) is 6.42 Å². The quantitative estimate of drug-likeness (QED) is 0.563. The first-order valence-corrected chi connectivity index (χ1v) is 9.10. The van der Waals surface area contributed by atoms with Crippen LogP contribution in [-0.4, -0.2) is 31.3 Å². The van der Waals surface area contributed by atoms with Crippen molar-refractivity contribution in [3.05, 3.63) is 65.9 Å². The maximum Gasteiger partial charge on any atom is 0.128 e. The summed E-state index contributed by atoms with van der Waals surface area (Å²) in [6, 6.07) is 17.0. The van der Waals surface area contributed by atoms with Crippen molar-refractivity contribution < 1.29 is 4.74 Å². The fourth-order valence-corrected chi connectivity index (χ4v) is 4.04. The average molecular weight is 343 g/mol. The highest BCUT2D eigenvalue weighted by atomic mass is 16.5. The molecular formula is C22H21N3O. The van der Waals surface area contributed by atoms with Crippen LogP contribution in [0.3, 0.4) is 0 Å². The zero-order valence-corrected chi connectivity index (χ0v) is 14.6. The zero-order valence-electron chi connectivity index (χ0n) is 14.6. The number of hydrogen-bond acceptors (Lipinski definition) is 4. The molecule has 1 aliphatic heterocycles. The number of pyridine rings is 1. The van der Waals surface area contributed by atoms with Crippen LogP contribution in [0.1, 0.15) is 11.1 Å². The molecule has 3 aromatic rings. The van der Waals surface area contributed by atoms with Crippen LogP contribution in [0.15, 0.2) is 54.7 Å². The molecule has 2 heterocycles. The van der Waals surface area contributed by atoms with Crippen LogP contribution in [0.25, 0.3) is 22.3 Å². The normalized spacial score (nSPS) is 15.6. The van der Waals surface area contributed by atoms with E-state index in [1.165, 1.54) is 27.8 Å². The van der Waals surface area contributed by atoms with Gasteiger partial charge in [-0.1, -0.05) is 30.3 Å². The number of hydrogen-bond donors (Lipinski definition) is 1. The first-order valence-electron chi connectivity index (χ1n) is 9.10. The highest BCUT2D eigenvalue weighted by Crippen LogP contribution is 2.45. The Morgan fingerprint density at radius 1 is 0.923 bits per heavy atom. The van der Waals surface area contributed by atoms with Crippen molar-refractivity contribution in [3.8, 4) is 22.3 Å². The maximum absolute atomic E-state index is 6.29. The van der Waals surface area contributed by atoms with E-state index in [0.717, 1.165) is 49.8 Å². The van der Waals surface area contributed by atoms with Gasteiger partial charge in [0.25, 0.3) is 0 Å². The largest absolute Gasteiger partial charge is 0.398 e. The average Bonchev–Trinajstić information content (AvgIpc) is 3.10. The van der Waals surface area contributed by atoms with E-state index in [4.69, 9.17) is 15.5 Å². The molecule has 0 atom stereocenters. The van der Waals surface area contributed by atoms with Crippen LogP contribution >= 0.6 is 0 Å². The standard InChI is InChI=1S/C22H21N3O/c23-20-7-6-18(22-17-4-2-1-3-15(17)13-19(20)22)16-5-8-21(24-14-16)25-9-11-26-12-10-25/h1-8,14H,9-13,23H2. The summed E-state index contributed by atoms with van der Waals surface area (Å²) >= 11 is 0. The summed E-state index contributed by atoms with van der Waals surface area (Å²) in [5.41, 5.74) is 14.6. The molecule has 0 spiro atoms. The molecular weight excluding hydrogens is 322 g/mol. The Kier molecular flexibility index (Phi) is 3.64. The number of ether oxygens (including phenoxy) is 1. The van der Waals surface area contributed by atoms with Gasteiger partial charge < -0.3 is 15.4 Å². The van der Waals surface area contributed by atoms with Crippen molar-refractivity contribution >= 4 is 11.5 Å². The molecule has 1 aliphatic carbocycles. The van der Waals surface area contributed by atoms with Crippen molar-refractivity contribution in [1.29, 1.82) is 0 Å². The Labute approximate surface area is 153 Å². The van der Waals surface area contributed by atoms with E-state index in [-0.39, 0.29) is 0 Å². The number of nitrogens with two attached hydrogens (primary N) is 1.